The molecule has 3 rings (SSSR count). The summed E-state index contributed by atoms with van der Waals surface area (Å²) in [6.07, 6.45) is 0. The normalized spacial score (nSPS) is 10.5. The van der Waals surface area contributed by atoms with Crippen LogP contribution in [0.5, 0.6) is 0 Å². The van der Waals surface area contributed by atoms with Crippen LogP contribution in [0.2, 0.25) is 10.0 Å². The van der Waals surface area contributed by atoms with Crippen LogP contribution in [0, 0.1) is 11.2 Å². The summed E-state index contributed by atoms with van der Waals surface area (Å²) in [5, 5.41) is 13.8. The summed E-state index contributed by atoms with van der Waals surface area (Å²) in [4.78, 5) is 27.7. The van der Waals surface area contributed by atoms with Gasteiger partial charge in [-0.25, -0.2) is 4.39 Å². The zero-order valence-electron chi connectivity index (χ0n) is 18.1. The van der Waals surface area contributed by atoms with Gasteiger partial charge in [0.15, 0.2) is 0 Å². The summed E-state index contributed by atoms with van der Waals surface area (Å²) in [6.45, 7) is 1.52. The van der Waals surface area contributed by atoms with E-state index in [1.54, 1.807) is 49.3 Å². The maximum Gasteiger partial charge on any atom is 0.258 e. The van der Waals surface area contributed by atoms with Gasteiger partial charge in [0.1, 0.15) is 5.82 Å². The van der Waals surface area contributed by atoms with Crippen molar-refractivity contribution in [2.75, 3.05) is 29.6 Å². The summed E-state index contributed by atoms with van der Waals surface area (Å²) >= 11 is 12.1. The van der Waals surface area contributed by atoms with Crippen molar-refractivity contribution in [1.29, 1.82) is 5.41 Å². The standard InChI is InChI=1S/C24H21Cl2FN4O2/c1-13(28)14-4-9-18(20(27)10-14)23(32)30-22-19(11-16(26)12-21(22)31(2)3)24(33)29-17-7-5-15(25)6-8-17/h4-12,28H,1-3H3,(H,29,33)(H,30,32). The maximum absolute atomic E-state index is 14.6. The van der Waals surface area contributed by atoms with Gasteiger partial charge in [-0.1, -0.05) is 29.3 Å². The van der Waals surface area contributed by atoms with E-state index >= 15 is 0 Å². The first-order chi connectivity index (χ1) is 15.6. The molecule has 3 aromatic carbocycles. The molecule has 6 nitrogen and oxygen atoms in total. The van der Waals surface area contributed by atoms with Crippen molar-refractivity contribution in [1.82, 2.24) is 0 Å². The van der Waals surface area contributed by atoms with Crippen molar-refractivity contribution in [2.24, 2.45) is 0 Å². The van der Waals surface area contributed by atoms with Crippen molar-refractivity contribution in [2.45, 2.75) is 6.92 Å². The third-order valence-electron chi connectivity index (χ3n) is 4.80. The average molecular weight is 487 g/mol. The van der Waals surface area contributed by atoms with Crippen molar-refractivity contribution < 1.29 is 14.0 Å². The van der Waals surface area contributed by atoms with Crippen molar-refractivity contribution >= 4 is 57.8 Å². The molecule has 0 aromatic heterocycles. The summed E-state index contributed by atoms with van der Waals surface area (Å²) < 4.78 is 14.6. The van der Waals surface area contributed by atoms with E-state index in [4.69, 9.17) is 28.6 Å². The van der Waals surface area contributed by atoms with E-state index in [2.05, 4.69) is 10.6 Å². The van der Waals surface area contributed by atoms with Gasteiger partial charge in [0.05, 0.1) is 22.5 Å². The number of carbonyl (C=O) groups is 2. The number of rotatable bonds is 6. The van der Waals surface area contributed by atoms with E-state index in [1.807, 2.05) is 0 Å². The predicted octanol–water partition coefficient (Wildman–Crippen LogP) is 6.09. The van der Waals surface area contributed by atoms with Gasteiger partial charge < -0.3 is 20.9 Å². The first kappa shape index (κ1) is 24.2. The Hall–Kier alpha value is -3.42. The first-order valence-electron chi connectivity index (χ1n) is 9.81. The molecule has 0 saturated heterocycles. The third kappa shape index (κ3) is 5.69. The number of carbonyl (C=O) groups excluding carboxylic acids is 2. The molecule has 0 atom stereocenters. The Labute approximate surface area is 200 Å². The molecule has 0 bridgehead atoms. The molecule has 0 aliphatic carbocycles. The highest BCUT2D eigenvalue weighted by molar-refractivity contribution is 6.32. The lowest BCUT2D eigenvalue weighted by atomic mass is 10.1. The van der Waals surface area contributed by atoms with Gasteiger partial charge in [0.2, 0.25) is 0 Å². The molecule has 0 saturated carbocycles. The van der Waals surface area contributed by atoms with E-state index in [1.165, 1.54) is 25.1 Å². The highest BCUT2D eigenvalue weighted by atomic mass is 35.5. The van der Waals surface area contributed by atoms with Gasteiger partial charge >= 0.3 is 0 Å². The van der Waals surface area contributed by atoms with Crippen LogP contribution >= 0.6 is 23.2 Å². The van der Waals surface area contributed by atoms with Crippen molar-refractivity contribution in [3.05, 3.63) is 87.2 Å². The Morgan fingerprint density at radius 3 is 2.09 bits per heavy atom. The van der Waals surface area contributed by atoms with Crippen molar-refractivity contribution in [3.63, 3.8) is 0 Å². The van der Waals surface area contributed by atoms with Gasteiger partial charge in [0.25, 0.3) is 11.8 Å². The fraction of sp³-hybridized carbons (Fsp3) is 0.125. The molecule has 0 aliphatic heterocycles. The molecule has 0 fully saturated rings. The molecule has 0 aliphatic rings. The van der Waals surface area contributed by atoms with Gasteiger partial charge in [-0.05, 0) is 61.0 Å². The van der Waals surface area contributed by atoms with E-state index in [0.717, 1.165) is 6.07 Å². The summed E-state index contributed by atoms with van der Waals surface area (Å²) in [5.41, 5.74) is 1.56. The molecular formula is C24H21Cl2FN4O2. The topological polar surface area (TPSA) is 85.3 Å². The second-order valence-electron chi connectivity index (χ2n) is 7.48. The highest BCUT2D eigenvalue weighted by Gasteiger charge is 2.22. The number of anilines is 3. The molecule has 0 radical (unpaired) electrons. The maximum atomic E-state index is 14.6. The quantitative estimate of drug-likeness (QED) is 0.368. The molecule has 9 heteroatoms. The van der Waals surface area contributed by atoms with Crippen LogP contribution in [-0.4, -0.2) is 31.6 Å². The SMILES string of the molecule is CC(=N)c1ccc(C(=O)Nc2c(C(=O)Nc3ccc(Cl)cc3)cc(Cl)cc2N(C)C)c(F)c1. The molecule has 3 N–H and O–H groups in total. The monoisotopic (exact) mass is 486 g/mol. The van der Waals surface area contributed by atoms with Crippen LogP contribution in [0.25, 0.3) is 0 Å². The number of amides is 2. The van der Waals surface area contributed by atoms with Crippen molar-refractivity contribution in [3.8, 4) is 0 Å². The molecule has 0 heterocycles. The van der Waals surface area contributed by atoms with E-state index in [9.17, 15) is 14.0 Å². The van der Waals surface area contributed by atoms with Gasteiger partial charge in [-0.2, -0.15) is 0 Å². The fourth-order valence-corrected chi connectivity index (χ4v) is 3.44. The lowest BCUT2D eigenvalue weighted by molar-refractivity contribution is 0.102. The van der Waals surface area contributed by atoms with Crippen LogP contribution in [-0.2, 0) is 0 Å². The molecule has 170 valence electrons. The van der Waals surface area contributed by atoms with Gasteiger partial charge in [-0.3, -0.25) is 9.59 Å². The molecule has 0 unspecified atom stereocenters. The van der Waals surface area contributed by atoms with Crippen LogP contribution in [0.15, 0.2) is 54.6 Å². The van der Waals surface area contributed by atoms with Crippen LogP contribution in [0.1, 0.15) is 33.2 Å². The zero-order chi connectivity index (χ0) is 24.3. The smallest absolute Gasteiger partial charge is 0.258 e. The highest BCUT2D eigenvalue weighted by Crippen LogP contribution is 2.34. The van der Waals surface area contributed by atoms with E-state index < -0.39 is 17.6 Å². The second-order valence-corrected chi connectivity index (χ2v) is 8.35. The Bertz CT molecular complexity index is 1240. The molecular weight excluding hydrogens is 466 g/mol. The Morgan fingerprint density at radius 1 is 0.879 bits per heavy atom. The third-order valence-corrected chi connectivity index (χ3v) is 5.27. The van der Waals surface area contributed by atoms with Crippen LogP contribution in [0.3, 0.4) is 0 Å². The number of halogens is 3. The zero-order valence-corrected chi connectivity index (χ0v) is 19.6. The summed E-state index contributed by atoms with van der Waals surface area (Å²) in [7, 11) is 3.45. The molecule has 3 aromatic rings. The molecule has 33 heavy (non-hydrogen) atoms. The largest absolute Gasteiger partial charge is 0.376 e. The fourth-order valence-electron chi connectivity index (χ4n) is 3.10. The predicted molar refractivity (Wildman–Crippen MR) is 132 cm³/mol. The minimum Gasteiger partial charge on any atom is -0.376 e. The molecule has 0 spiro atoms. The lowest BCUT2D eigenvalue weighted by Crippen LogP contribution is -2.22. The Kier molecular flexibility index (Phi) is 7.36. The minimum absolute atomic E-state index is 0.0989. The van der Waals surface area contributed by atoms with E-state index in [-0.39, 0.29) is 27.5 Å². The number of benzene rings is 3. The average Bonchev–Trinajstić information content (AvgIpc) is 2.75. The van der Waals surface area contributed by atoms with Crippen LogP contribution in [0.4, 0.5) is 21.5 Å². The Balaban J connectivity index is 2.01. The lowest BCUT2D eigenvalue weighted by Gasteiger charge is -2.21. The Morgan fingerprint density at radius 2 is 1.52 bits per heavy atom. The van der Waals surface area contributed by atoms with Gasteiger partial charge in [-0.15, -0.1) is 0 Å². The summed E-state index contributed by atoms with van der Waals surface area (Å²) in [5.74, 6) is -2.04. The number of nitrogens with one attached hydrogen (secondary N) is 3. The van der Waals surface area contributed by atoms with Crippen LogP contribution < -0.4 is 15.5 Å². The number of hydrogen-bond donors (Lipinski definition) is 3. The first-order valence-corrected chi connectivity index (χ1v) is 10.6. The summed E-state index contributed by atoms with van der Waals surface area (Å²) in [6, 6.07) is 13.5. The minimum atomic E-state index is -0.774. The van der Waals surface area contributed by atoms with E-state index in [0.29, 0.717) is 22.0 Å². The number of hydrogen-bond acceptors (Lipinski definition) is 4. The second kappa shape index (κ2) is 10.0. The number of nitrogens with zero attached hydrogens (tertiary/aromatic N) is 1. The molecule has 2 amide bonds. The van der Waals surface area contributed by atoms with Gasteiger partial charge in [0, 0.05) is 35.5 Å².